The minimum absolute atomic E-state index is 0.334. The third-order valence-electron chi connectivity index (χ3n) is 6.51. The summed E-state index contributed by atoms with van der Waals surface area (Å²) < 4.78 is 5.04. The highest BCUT2D eigenvalue weighted by molar-refractivity contribution is 6.30. The predicted molar refractivity (Wildman–Crippen MR) is 135 cm³/mol. The molecule has 2 saturated heterocycles. The first-order chi connectivity index (χ1) is 16.5. The highest BCUT2D eigenvalue weighted by Gasteiger charge is 2.30. The van der Waals surface area contributed by atoms with Gasteiger partial charge in [0.15, 0.2) is 0 Å². The van der Waals surface area contributed by atoms with Crippen molar-refractivity contribution < 1.29 is 9.53 Å². The number of anilines is 3. The van der Waals surface area contributed by atoms with Crippen LogP contribution in [-0.4, -0.2) is 87.9 Å². The highest BCUT2D eigenvalue weighted by atomic mass is 35.5. The molecule has 2 aromatic carbocycles. The maximum Gasteiger partial charge on any atom is 0.409 e. The molecule has 0 unspecified atom stereocenters. The lowest BCUT2D eigenvalue weighted by Crippen LogP contribution is -2.53. The zero-order chi connectivity index (χ0) is 24.1. The van der Waals surface area contributed by atoms with Crippen molar-refractivity contribution >= 4 is 34.8 Å². The van der Waals surface area contributed by atoms with Crippen LogP contribution in [0.3, 0.4) is 0 Å². The first-order valence-electron chi connectivity index (χ1n) is 11.9. The summed E-state index contributed by atoms with van der Waals surface area (Å²) in [6.07, 6.45) is 0.547. The molecular formula is C24H32ClN5O4. The second-order valence-corrected chi connectivity index (χ2v) is 9.08. The van der Waals surface area contributed by atoms with Gasteiger partial charge in [-0.3, -0.25) is 14.5 Å². The molecule has 9 nitrogen and oxygen atoms in total. The molecule has 0 bridgehead atoms. The van der Waals surface area contributed by atoms with E-state index in [2.05, 4.69) is 21.2 Å². The molecule has 2 aliphatic heterocycles. The summed E-state index contributed by atoms with van der Waals surface area (Å²) in [5.74, 6) is 0. The van der Waals surface area contributed by atoms with Crippen molar-refractivity contribution in [3.05, 3.63) is 49.7 Å². The maximum atomic E-state index is 12.2. The number of amides is 1. The van der Waals surface area contributed by atoms with Gasteiger partial charge in [-0.1, -0.05) is 17.7 Å². The molecule has 0 atom stereocenters. The van der Waals surface area contributed by atoms with E-state index < -0.39 is 10.9 Å². The van der Waals surface area contributed by atoms with Crippen LogP contribution in [0.1, 0.15) is 13.3 Å². The van der Waals surface area contributed by atoms with Crippen molar-refractivity contribution in [2.75, 3.05) is 87.2 Å². The van der Waals surface area contributed by atoms with Crippen molar-refractivity contribution in [3.63, 3.8) is 0 Å². The minimum atomic E-state index is -0.446. The van der Waals surface area contributed by atoms with Gasteiger partial charge >= 0.3 is 6.09 Å². The molecule has 0 aliphatic carbocycles. The van der Waals surface area contributed by atoms with Crippen molar-refractivity contribution in [2.45, 2.75) is 13.3 Å². The Morgan fingerprint density at radius 1 is 1.00 bits per heavy atom. The van der Waals surface area contributed by atoms with E-state index in [0.29, 0.717) is 50.7 Å². The number of piperazine rings is 2. The summed E-state index contributed by atoms with van der Waals surface area (Å²) in [5, 5.41) is 3.95. The maximum absolute atomic E-state index is 12.2. The van der Waals surface area contributed by atoms with Crippen LogP contribution in [-0.2, 0) is 4.74 Å². The molecule has 0 aromatic heterocycles. The van der Waals surface area contributed by atoms with Crippen LogP contribution < -0.4 is 26.0 Å². The Labute approximate surface area is 204 Å². The van der Waals surface area contributed by atoms with Gasteiger partial charge in [0.05, 0.1) is 6.61 Å². The Kier molecular flexibility index (Phi) is 7.95. The van der Waals surface area contributed by atoms with Crippen LogP contribution in [0.2, 0.25) is 5.02 Å². The summed E-state index contributed by atoms with van der Waals surface area (Å²) in [6, 6.07) is 7.95. The molecule has 184 valence electrons. The number of carbonyl (C=O) groups is 1. The number of nitrogens with zero attached hydrogens (tertiary/aromatic N) is 4. The number of rotatable bonds is 8. The van der Waals surface area contributed by atoms with Crippen LogP contribution in [0.15, 0.2) is 33.9 Å². The van der Waals surface area contributed by atoms with Crippen molar-refractivity contribution in [2.24, 2.45) is 0 Å². The number of nitrogens with one attached hydrogen (secondary N) is 1. The van der Waals surface area contributed by atoms with Crippen molar-refractivity contribution in [3.8, 4) is 0 Å². The minimum Gasteiger partial charge on any atom is -0.450 e. The van der Waals surface area contributed by atoms with Crippen molar-refractivity contribution in [1.29, 1.82) is 0 Å². The second kappa shape index (κ2) is 11.1. The van der Waals surface area contributed by atoms with E-state index in [9.17, 15) is 14.4 Å². The number of benzene rings is 1. The second-order valence-electron chi connectivity index (χ2n) is 8.64. The Hall–Kier alpha value is -2.78. The Bertz CT molecular complexity index is 1050. The Balaban J connectivity index is 1.20. The van der Waals surface area contributed by atoms with E-state index >= 15 is 0 Å². The third kappa shape index (κ3) is 5.47. The lowest BCUT2D eigenvalue weighted by atomic mass is 10.1. The van der Waals surface area contributed by atoms with Gasteiger partial charge in [0.25, 0.3) is 10.9 Å². The summed E-state index contributed by atoms with van der Waals surface area (Å²) in [6.45, 7) is 9.49. The van der Waals surface area contributed by atoms with E-state index in [1.54, 1.807) is 11.8 Å². The number of carbonyl (C=O) groups excluding carboxylic acids is 1. The average molecular weight is 490 g/mol. The van der Waals surface area contributed by atoms with Crippen LogP contribution >= 0.6 is 11.6 Å². The molecule has 2 fully saturated rings. The van der Waals surface area contributed by atoms with Gasteiger partial charge in [-0.25, -0.2) is 4.79 Å². The van der Waals surface area contributed by atoms with E-state index in [-0.39, 0.29) is 6.09 Å². The zero-order valence-electron chi connectivity index (χ0n) is 19.6. The molecule has 2 heterocycles. The smallest absolute Gasteiger partial charge is 0.409 e. The molecule has 0 spiro atoms. The van der Waals surface area contributed by atoms with Gasteiger partial charge in [0, 0.05) is 69.6 Å². The van der Waals surface area contributed by atoms with E-state index in [0.717, 1.165) is 49.9 Å². The summed E-state index contributed by atoms with van der Waals surface area (Å²) in [4.78, 5) is 44.5. The van der Waals surface area contributed by atoms with Crippen molar-refractivity contribution in [1.82, 2.24) is 9.80 Å². The molecular weight excluding hydrogens is 458 g/mol. The molecule has 2 aliphatic rings. The van der Waals surface area contributed by atoms with Gasteiger partial charge in [-0.05, 0) is 38.1 Å². The summed E-state index contributed by atoms with van der Waals surface area (Å²) in [7, 11) is 0. The largest absolute Gasteiger partial charge is 0.450 e. The fourth-order valence-electron chi connectivity index (χ4n) is 4.59. The van der Waals surface area contributed by atoms with Gasteiger partial charge < -0.3 is 24.8 Å². The number of halogens is 1. The molecule has 1 amide bonds. The fourth-order valence-corrected chi connectivity index (χ4v) is 4.78. The first-order valence-corrected chi connectivity index (χ1v) is 12.3. The SMILES string of the molecule is CCOC(=O)N1CCN(c2c(NCCCN3CCN(c4cccc(Cl)c4)CC3)c(=O)c2=O)CC1. The molecule has 2 aromatic rings. The number of ether oxygens (including phenoxy) is 1. The van der Waals surface area contributed by atoms with Gasteiger partial charge in [-0.2, -0.15) is 0 Å². The monoisotopic (exact) mass is 489 g/mol. The summed E-state index contributed by atoms with van der Waals surface area (Å²) in [5.41, 5.74) is 1.15. The normalized spacial score (nSPS) is 17.3. The van der Waals surface area contributed by atoms with Crippen LogP contribution in [0.5, 0.6) is 0 Å². The Morgan fingerprint density at radius 3 is 2.38 bits per heavy atom. The van der Waals surface area contributed by atoms with Crippen LogP contribution in [0.4, 0.5) is 21.9 Å². The average Bonchev–Trinajstić information content (AvgIpc) is 2.86. The van der Waals surface area contributed by atoms with Gasteiger partial charge in [0.1, 0.15) is 11.4 Å². The van der Waals surface area contributed by atoms with Gasteiger partial charge in [-0.15, -0.1) is 0 Å². The number of hydrogen-bond acceptors (Lipinski definition) is 8. The fraction of sp³-hybridized carbons (Fsp3) is 0.542. The zero-order valence-corrected chi connectivity index (χ0v) is 20.4. The quantitative estimate of drug-likeness (QED) is 0.444. The molecule has 0 radical (unpaired) electrons. The molecule has 10 heteroatoms. The van der Waals surface area contributed by atoms with E-state index in [1.807, 2.05) is 23.1 Å². The lowest BCUT2D eigenvalue weighted by molar-refractivity contribution is 0.105. The molecule has 4 rings (SSSR count). The summed E-state index contributed by atoms with van der Waals surface area (Å²) >= 11 is 6.11. The van der Waals surface area contributed by atoms with Gasteiger partial charge in [0.2, 0.25) is 0 Å². The topological polar surface area (TPSA) is 85.4 Å². The Morgan fingerprint density at radius 2 is 1.71 bits per heavy atom. The third-order valence-corrected chi connectivity index (χ3v) is 6.74. The lowest BCUT2D eigenvalue weighted by Gasteiger charge is -2.37. The van der Waals surface area contributed by atoms with E-state index in [4.69, 9.17) is 16.3 Å². The first kappa shape index (κ1) is 24.3. The highest BCUT2D eigenvalue weighted by Crippen LogP contribution is 2.23. The van der Waals surface area contributed by atoms with Crippen LogP contribution in [0.25, 0.3) is 0 Å². The number of hydrogen-bond donors (Lipinski definition) is 1. The van der Waals surface area contributed by atoms with E-state index in [1.165, 1.54) is 0 Å². The van der Waals surface area contributed by atoms with Crippen LogP contribution in [0, 0.1) is 0 Å². The predicted octanol–water partition coefficient (Wildman–Crippen LogP) is 1.84. The molecule has 1 N–H and O–H groups in total. The molecule has 0 saturated carbocycles. The molecule has 34 heavy (non-hydrogen) atoms. The standard InChI is InChI=1S/C24H32ClN5O4/c1-2-34-24(33)30-15-13-29(14-16-30)21-20(22(31)23(21)32)26-7-4-8-27-9-11-28(12-10-27)19-6-3-5-18(25)17-19/h3,5-6,17,26H,2,4,7-16H2,1H3.